The van der Waals surface area contributed by atoms with E-state index in [4.69, 9.17) is 0 Å². The summed E-state index contributed by atoms with van der Waals surface area (Å²) < 4.78 is 13.4. The van der Waals surface area contributed by atoms with Crippen LogP contribution < -0.4 is 10.6 Å². The SMILES string of the molecule is O=C1Nc2ccc(F)cc2/C1=C/c1[nH]cc2c1CCNC2=O. The average Bonchev–Trinajstić information content (AvgIpc) is 3.03. The number of amides is 2. The number of carbonyl (C=O) groups excluding carboxylic acids is 2. The van der Waals surface area contributed by atoms with Crippen molar-refractivity contribution in [2.45, 2.75) is 6.42 Å². The summed E-state index contributed by atoms with van der Waals surface area (Å²) in [7, 11) is 0. The number of anilines is 1. The number of hydrogen-bond acceptors (Lipinski definition) is 2. The van der Waals surface area contributed by atoms with E-state index in [9.17, 15) is 14.0 Å². The van der Waals surface area contributed by atoms with Gasteiger partial charge in [0, 0.05) is 29.7 Å². The molecule has 2 aromatic rings. The largest absolute Gasteiger partial charge is 0.361 e. The molecule has 3 N–H and O–H groups in total. The third-order valence-corrected chi connectivity index (χ3v) is 3.98. The van der Waals surface area contributed by atoms with Gasteiger partial charge in [-0.2, -0.15) is 0 Å². The van der Waals surface area contributed by atoms with Crippen molar-refractivity contribution in [3.8, 4) is 0 Å². The zero-order valence-corrected chi connectivity index (χ0v) is 11.5. The zero-order valence-electron chi connectivity index (χ0n) is 11.5. The van der Waals surface area contributed by atoms with Gasteiger partial charge in [-0.3, -0.25) is 9.59 Å². The molecule has 0 fully saturated rings. The van der Waals surface area contributed by atoms with Crippen LogP contribution in [0, 0.1) is 5.82 Å². The molecule has 0 radical (unpaired) electrons. The van der Waals surface area contributed by atoms with Gasteiger partial charge < -0.3 is 15.6 Å². The van der Waals surface area contributed by atoms with Crippen molar-refractivity contribution in [3.05, 3.63) is 52.6 Å². The minimum Gasteiger partial charge on any atom is -0.361 e. The van der Waals surface area contributed by atoms with E-state index in [2.05, 4.69) is 15.6 Å². The van der Waals surface area contributed by atoms with Crippen molar-refractivity contribution in [2.24, 2.45) is 0 Å². The summed E-state index contributed by atoms with van der Waals surface area (Å²) in [6.45, 7) is 0.567. The van der Waals surface area contributed by atoms with Gasteiger partial charge in [0.2, 0.25) is 0 Å². The predicted molar refractivity (Wildman–Crippen MR) is 79.7 cm³/mol. The number of hydrogen-bond donors (Lipinski definition) is 3. The number of aromatic amines is 1. The van der Waals surface area contributed by atoms with Crippen molar-refractivity contribution < 1.29 is 14.0 Å². The minimum atomic E-state index is -0.394. The Labute approximate surface area is 125 Å². The lowest BCUT2D eigenvalue weighted by Crippen LogP contribution is -2.31. The fraction of sp³-hybridized carbons (Fsp3) is 0.125. The zero-order chi connectivity index (χ0) is 15.3. The average molecular weight is 297 g/mol. The number of H-pyrrole nitrogens is 1. The molecule has 2 amide bonds. The molecule has 0 saturated carbocycles. The van der Waals surface area contributed by atoms with Crippen LogP contribution in [0.5, 0.6) is 0 Å². The van der Waals surface area contributed by atoms with Gasteiger partial charge in [0.1, 0.15) is 5.82 Å². The summed E-state index contributed by atoms with van der Waals surface area (Å²) in [6.07, 6.45) is 4.01. The Morgan fingerprint density at radius 2 is 2.00 bits per heavy atom. The van der Waals surface area contributed by atoms with Crippen LogP contribution >= 0.6 is 0 Å². The number of fused-ring (bicyclic) bond motifs is 2. The Balaban J connectivity index is 1.83. The molecule has 110 valence electrons. The van der Waals surface area contributed by atoms with Gasteiger partial charge in [-0.1, -0.05) is 0 Å². The van der Waals surface area contributed by atoms with E-state index in [1.54, 1.807) is 18.3 Å². The Morgan fingerprint density at radius 3 is 2.86 bits per heavy atom. The van der Waals surface area contributed by atoms with Gasteiger partial charge in [-0.05, 0) is 36.3 Å². The van der Waals surface area contributed by atoms with Crippen molar-refractivity contribution in [1.82, 2.24) is 10.3 Å². The molecule has 2 aliphatic rings. The Bertz CT molecular complexity index is 851. The monoisotopic (exact) mass is 297 g/mol. The first kappa shape index (κ1) is 12.8. The third kappa shape index (κ3) is 1.84. The van der Waals surface area contributed by atoms with Crippen LogP contribution in [0.2, 0.25) is 0 Å². The normalized spacial score (nSPS) is 18.0. The maximum Gasteiger partial charge on any atom is 0.256 e. The lowest BCUT2D eigenvalue weighted by molar-refractivity contribution is -0.110. The number of aromatic nitrogens is 1. The number of halogens is 1. The van der Waals surface area contributed by atoms with Crippen LogP contribution in [0.25, 0.3) is 11.6 Å². The number of carbonyl (C=O) groups is 2. The smallest absolute Gasteiger partial charge is 0.256 e. The van der Waals surface area contributed by atoms with E-state index in [1.807, 2.05) is 0 Å². The van der Waals surface area contributed by atoms with Crippen molar-refractivity contribution in [1.29, 1.82) is 0 Å². The maximum absolute atomic E-state index is 13.4. The maximum atomic E-state index is 13.4. The molecule has 0 aliphatic carbocycles. The molecule has 2 aliphatic heterocycles. The fourth-order valence-electron chi connectivity index (χ4n) is 2.91. The number of benzene rings is 1. The second kappa shape index (κ2) is 4.56. The molecule has 22 heavy (non-hydrogen) atoms. The first-order chi connectivity index (χ1) is 10.6. The molecule has 1 aromatic heterocycles. The second-order valence-corrected chi connectivity index (χ2v) is 5.30. The van der Waals surface area contributed by atoms with Gasteiger partial charge in [0.25, 0.3) is 11.8 Å². The van der Waals surface area contributed by atoms with Crippen molar-refractivity contribution >= 4 is 29.2 Å². The molecule has 6 heteroatoms. The molecule has 0 unspecified atom stereocenters. The molecule has 0 saturated heterocycles. The second-order valence-electron chi connectivity index (χ2n) is 5.30. The van der Waals surface area contributed by atoms with Crippen LogP contribution in [0.1, 0.15) is 27.2 Å². The van der Waals surface area contributed by atoms with Crippen molar-refractivity contribution in [2.75, 3.05) is 11.9 Å². The number of nitrogens with one attached hydrogen (secondary N) is 3. The topological polar surface area (TPSA) is 74.0 Å². The first-order valence-corrected chi connectivity index (χ1v) is 6.95. The number of rotatable bonds is 1. The predicted octanol–water partition coefficient (Wildman–Crippen LogP) is 1.93. The van der Waals surface area contributed by atoms with Gasteiger partial charge in [0.15, 0.2) is 0 Å². The Hall–Kier alpha value is -2.89. The third-order valence-electron chi connectivity index (χ3n) is 3.98. The molecule has 5 nitrogen and oxygen atoms in total. The summed E-state index contributed by atoms with van der Waals surface area (Å²) >= 11 is 0. The van der Waals surface area contributed by atoms with E-state index in [-0.39, 0.29) is 11.8 Å². The summed E-state index contributed by atoms with van der Waals surface area (Å²) in [5.74, 6) is -0.789. The van der Waals surface area contributed by atoms with E-state index in [0.29, 0.717) is 41.0 Å². The highest BCUT2D eigenvalue weighted by Gasteiger charge is 2.26. The molecule has 1 aromatic carbocycles. The molecule has 4 rings (SSSR count). The van der Waals surface area contributed by atoms with Crippen LogP contribution in [0.3, 0.4) is 0 Å². The van der Waals surface area contributed by atoms with Crippen LogP contribution in [0.15, 0.2) is 24.4 Å². The van der Waals surface area contributed by atoms with E-state index in [0.717, 1.165) is 5.56 Å². The fourth-order valence-corrected chi connectivity index (χ4v) is 2.91. The van der Waals surface area contributed by atoms with Gasteiger partial charge >= 0.3 is 0 Å². The van der Waals surface area contributed by atoms with Crippen molar-refractivity contribution in [3.63, 3.8) is 0 Å². The highest BCUT2D eigenvalue weighted by molar-refractivity contribution is 6.34. The van der Waals surface area contributed by atoms with Crippen LogP contribution in [-0.4, -0.2) is 23.3 Å². The Morgan fingerprint density at radius 1 is 1.14 bits per heavy atom. The quantitative estimate of drug-likeness (QED) is 0.704. The summed E-state index contributed by atoms with van der Waals surface area (Å²) in [5, 5.41) is 5.48. The summed E-state index contributed by atoms with van der Waals surface area (Å²) in [6, 6.07) is 4.19. The van der Waals surface area contributed by atoms with E-state index < -0.39 is 5.82 Å². The van der Waals surface area contributed by atoms with Gasteiger partial charge in [-0.15, -0.1) is 0 Å². The molecule has 3 heterocycles. The highest BCUT2D eigenvalue weighted by Crippen LogP contribution is 2.34. The van der Waals surface area contributed by atoms with E-state index >= 15 is 0 Å². The lowest BCUT2D eigenvalue weighted by atomic mass is 10.00. The van der Waals surface area contributed by atoms with E-state index in [1.165, 1.54) is 12.1 Å². The van der Waals surface area contributed by atoms with Gasteiger partial charge in [0.05, 0.1) is 11.1 Å². The Kier molecular flexibility index (Phi) is 2.66. The molecule has 0 spiro atoms. The summed E-state index contributed by atoms with van der Waals surface area (Å²) in [4.78, 5) is 26.9. The molecular formula is C16H12FN3O2. The highest BCUT2D eigenvalue weighted by atomic mass is 19.1. The standard InChI is InChI=1S/C16H12FN3O2/c17-8-1-2-13-10(5-8)11(16(22)20-13)6-14-9-3-4-18-15(21)12(9)7-19-14/h1-2,5-7,19H,3-4H2,(H,18,21)(H,20,22)/b11-6-. The summed E-state index contributed by atoms with van der Waals surface area (Å²) in [5.41, 5.74) is 3.71. The van der Waals surface area contributed by atoms with Crippen LogP contribution in [-0.2, 0) is 11.2 Å². The molecule has 0 bridgehead atoms. The lowest BCUT2D eigenvalue weighted by Gasteiger charge is -2.12. The molecular weight excluding hydrogens is 285 g/mol. The minimum absolute atomic E-state index is 0.121. The molecule has 0 atom stereocenters. The van der Waals surface area contributed by atoms with Gasteiger partial charge in [-0.25, -0.2) is 4.39 Å². The first-order valence-electron chi connectivity index (χ1n) is 6.95. The van der Waals surface area contributed by atoms with Crippen LogP contribution in [0.4, 0.5) is 10.1 Å².